The molecule has 1 amide bonds. The Labute approximate surface area is 141 Å². The molecular formula is C19H20N2O3. The number of ether oxygens (including phenoxy) is 2. The molecule has 5 nitrogen and oxygen atoms in total. The largest absolute Gasteiger partial charge is 0.481 e. The molecule has 2 aliphatic rings. The Balaban J connectivity index is 1.67. The zero-order valence-electron chi connectivity index (χ0n) is 13.7. The average molecular weight is 324 g/mol. The average Bonchev–Trinajstić information content (AvgIpc) is 3.45. The highest BCUT2D eigenvalue weighted by Crippen LogP contribution is 2.35. The van der Waals surface area contributed by atoms with E-state index in [1.54, 1.807) is 13.3 Å². The molecule has 2 heterocycles. The van der Waals surface area contributed by atoms with Gasteiger partial charge in [0, 0.05) is 35.6 Å². The molecule has 0 unspecified atom stereocenters. The van der Waals surface area contributed by atoms with Crippen LogP contribution in [0.15, 0.2) is 36.5 Å². The number of pyridine rings is 1. The fourth-order valence-electron chi connectivity index (χ4n) is 3.04. The Morgan fingerprint density at radius 2 is 2.04 bits per heavy atom. The summed E-state index contributed by atoms with van der Waals surface area (Å²) in [5.74, 6) is 1.29. The van der Waals surface area contributed by atoms with Gasteiger partial charge in [0.05, 0.1) is 13.7 Å². The molecule has 0 spiro atoms. The van der Waals surface area contributed by atoms with Crippen molar-refractivity contribution in [1.29, 1.82) is 0 Å². The molecule has 2 aromatic rings. The number of nitrogens with zero attached hydrogens (tertiary/aromatic N) is 2. The van der Waals surface area contributed by atoms with Crippen LogP contribution in [0.1, 0.15) is 18.4 Å². The van der Waals surface area contributed by atoms with E-state index < -0.39 is 0 Å². The van der Waals surface area contributed by atoms with Crippen molar-refractivity contribution in [2.24, 2.45) is 5.92 Å². The lowest BCUT2D eigenvalue weighted by Crippen LogP contribution is -2.34. The molecule has 1 aromatic heterocycles. The third-order valence-corrected chi connectivity index (χ3v) is 4.57. The maximum Gasteiger partial charge on any atom is 0.253 e. The number of carbonyl (C=O) groups is 1. The summed E-state index contributed by atoms with van der Waals surface area (Å²) in [7, 11) is 1.60. The van der Waals surface area contributed by atoms with Crippen LogP contribution in [0.5, 0.6) is 5.88 Å². The Kier molecular flexibility index (Phi) is 3.94. The summed E-state index contributed by atoms with van der Waals surface area (Å²) in [5.41, 5.74) is 4.11. The molecule has 1 aliphatic heterocycles. The number of carbonyl (C=O) groups excluding carboxylic acids is 1. The summed E-state index contributed by atoms with van der Waals surface area (Å²) in [4.78, 5) is 18.5. The van der Waals surface area contributed by atoms with Crippen LogP contribution in [0.2, 0.25) is 0 Å². The summed E-state index contributed by atoms with van der Waals surface area (Å²) in [5, 5.41) is 0. The van der Waals surface area contributed by atoms with Crippen LogP contribution in [-0.4, -0.2) is 31.2 Å². The predicted octanol–water partition coefficient (Wildman–Crippen LogP) is 3.03. The number of anilines is 1. The monoisotopic (exact) mass is 324 g/mol. The van der Waals surface area contributed by atoms with Gasteiger partial charge in [-0.2, -0.15) is 0 Å². The molecule has 4 rings (SSSR count). The van der Waals surface area contributed by atoms with Crippen molar-refractivity contribution in [3.05, 3.63) is 42.1 Å². The van der Waals surface area contributed by atoms with Crippen LogP contribution in [0.25, 0.3) is 11.1 Å². The van der Waals surface area contributed by atoms with Crippen LogP contribution >= 0.6 is 0 Å². The molecule has 1 aromatic carbocycles. The fraction of sp³-hybridized carbons (Fsp3) is 0.368. The number of benzene rings is 1. The fourth-order valence-corrected chi connectivity index (χ4v) is 3.04. The highest BCUT2D eigenvalue weighted by atomic mass is 16.5. The molecule has 1 saturated carbocycles. The first kappa shape index (κ1) is 15.1. The van der Waals surface area contributed by atoms with E-state index in [1.165, 1.54) is 12.8 Å². The van der Waals surface area contributed by atoms with Crippen molar-refractivity contribution >= 4 is 11.6 Å². The number of aromatic nitrogens is 1. The van der Waals surface area contributed by atoms with Gasteiger partial charge in [-0.05, 0) is 42.5 Å². The van der Waals surface area contributed by atoms with E-state index in [0.29, 0.717) is 18.4 Å². The van der Waals surface area contributed by atoms with Crippen LogP contribution < -0.4 is 9.64 Å². The summed E-state index contributed by atoms with van der Waals surface area (Å²) in [6.07, 6.45) is 4.23. The van der Waals surface area contributed by atoms with E-state index in [-0.39, 0.29) is 12.5 Å². The van der Waals surface area contributed by atoms with Crippen molar-refractivity contribution in [2.45, 2.75) is 19.4 Å². The summed E-state index contributed by atoms with van der Waals surface area (Å²) in [6.45, 7) is 1.42. The Morgan fingerprint density at radius 3 is 2.75 bits per heavy atom. The molecular weight excluding hydrogens is 304 g/mol. The van der Waals surface area contributed by atoms with Crippen molar-refractivity contribution in [2.75, 3.05) is 25.2 Å². The van der Waals surface area contributed by atoms with E-state index in [1.807, 2.05) is 29.2 Å². The van der Waals surface area contributed by atoms with Crippen LogP contribution in [0.4, 0.5) is 5.69 Å². The first-order chi connectivity index (χ1) is 11.7. The number of hydrogen-bond acceptors (Lipinski definition) is 4. The number of methoxy groups -OCH3 is 1. The highest BCUT2D eigenvalue weighted by Gasteiger charge is 2.30. The first-order valence-electron chi connectivity index (χ1n) is 8.26. The van der Waals surface area contributed by atoms with Gasteiger partial charge in [-0.1, -0.05) is 6.07 Å². The lowest BCUT2D eigenvalue weighted by Gasteiger charge is -2.22. The molecule has 1 fully saturated rings. The maximum atomic E-state index is 12.3. The highest BCUT2D eigenvalue weighted by molar-refractivity contribution is 5.96. The van der Waals surface area contributed by atoms with E-state index in [4.69, 9.17) is 9.47 Å². The van der Waals surface area contributed by atoms with Gasteiger partial charge in [-0.3, -0.25) is 4.79 Å². The van der Waals surface area contributed by atoms with Crippen molar-refractivity contribution < 1.29 is 14.3 Å². The molecule has 124 valence electrons. The molecule has 24 heavy (non-hydrogen) atoms. The normalized spacial score (nSPS) is 17.4. The number of rotatable bonds is 4. The summed E-state index contributed by atoms with van der Waals surface area (Å²) in [6, 6.07) is 10.0. The van der Waals surface area contributed by atoms with Gasteiger partial charge in [-0.25, -0.2) is 4.98 Å². The molecule has 5 heteroatoms. The molecule has 0 N–H and O–H groups in total. The smallest absolute Gasteiger partial charge is 0.253 e. The SMILES string of the molecule is COc1ccc(-c2ccc3c(c2)COCC(=O)N3CC2CC2)cn1. The quantitative estimate of drug-likeness (QED) is 0.867. The number of fused-ring (bicyclic) bond motifs is 1. The molecule has 0 radical (unpaired) electrons. The van der Waals surface area contributed by atoms with Crippen molar-refractivity contribution in [3.63, 3.8) is 0 Å². The standard InChI is InChI=1S/C19H20N2O3/c1-23-18-7-5-15(9-20-18)14-4-6-17-16(8-14)11-24-12-19(22)21(17)10-13-2-3-13/h4-9,13H,2-3,10-12H2,1H3. The second kappa shape index (κ2) is 6.24. The van der Waals surface area contributed by atoms with Crippen LogP contribution in [-0.2, 0) is 16.1 Å². The lowest BCUT2D eigenvalue weighted by molar-refractivity contribution is -0.123. The second-order valence-electron chi connectivity index (χ2n) is 6.37. The minimum atomic E-state index is 0.0551. The van der Waals surface area contributed by atoms with E-state index in [2.05, 4.69) is 11.1 Å². The van der Waals surface area contributed by atoms with Gasteiger partial charge in [-0.15, -0.1) is 0 Å². The zero-order chi connectivity index (χ0) is 16.5. The Hall–Kier alpha value is -2.40. The van der Waals surface area contributed by atoms with Gasteiger partial charge in [0.2, 0.25) is 5.88 Å². The number of hydrogen-bond donors (Lipinski definition) is 0. The van der Waals surface area contributed by atoms with E-state index >= 15 is 0 Å². The minimum Gasteiger partial charge on any atom is -0.481 e. The molecule has 1 aliphatic carbocycles. The zero-order valence-corrected chi connectivity index (χ0v) is 13.7. The Bertz CT molecular complexity index is 754. The van der Waals surface area contributed by atoms with Gasteiger partial charge in [0.25, 0.3) is 5.91 Å². The van der Waals surface area contributed by atoms with Gasteiger partial charge < -0.3 is 14.4 Å². The molecule has 0 bridgehead atoms. The molecule has 0 atom stereocenters. The second-order valence-corrected chi connectivity index (χ2v) is 6.37. The first-order valence-corrected chi connectivity index (χ1v) is 8.26. The van der Waals surface area contributed by atoms with Gasteiger partial charge >= 0.3 is 0 Å². The van der Waals surface area contributed by atoms with Gasteiger partial charge in [0.15, 0.2) is 0 Å². The van der Waals surface area contributed by atoms with Crippen LogP contribution in [0, 0.1) is 5.92 Å². The van der Waals surface area contributed by atoms with E-state index in [9.17, 15) is 4.79 Å². The topological polar surface area (TPSA) is 51.7 Å². The summed E-state index contributed by atoms with van der Waals surface area (Å²) >= 11 is 0. The Morgan fingerprint density at radius 1 is 1.21 bits per heavy atom. The summed E-state index contributed by atoms with van der Waals surface area (Å²) < 4.78 is 10.7. The van der Waals surface area contributed by atoms with Crippen molar-refractivity contribution in [3.8, 4) is 17.0 Å². The van der Waals surface area contributed by atoms with E-state index in [0.717, 1.165) is 28.9 Å². The third-order valence-electron chi connectivity index (χ3n) is 4.57. The third kappa shape index (κ3) is 2.99. The number of amides is 1. The predicted molar refractivity (Wildman–Crippen MR) is 91.0 cm³/mol. The lowest BCUT2D eigenvalue weighted by atomic mass is 10.0. The maximum absolute atomic E-state index is 12.3. The molecule has 0 saturated heterocycles. The van der Waals surface area contributed by atoms with Crippen LogP contribution in [0.3, 0.4) is 0 Å². The minimum absolute atomic E-state index is 0.0551. The van der Waals surface area contributed by atoms with Crippen molar-refractivity contribution in [1.82, 2.24) is 4.98 Å². The van der Waals surface area contributed by atoms with Gasteiger partial charge in [0.1, 0.15) is 6.61 Å².